The van der Waals surface area contributed by atoms with Crippen LogP contribution in [-0.2, 0) is 0 Å². The van der Waals surface area contributed by atoms with Crippen LogP contribution in [0.2, 0.25) is 0 Å². The highest BCUT2D eigenvalue weighted by Gasteiger charge is 2.17. The fourth-order valence-electron chi connectivity index (χ4n) is 5.25. The molecule has 214 valence electrons. The molecule has 0 atom stereocenters. The molecule has 9 aromatic carbocycles. The van der Waals surface area contributed by atoms with E-state index in [1.807, 2.05) is 0 Å². The molecule has 0 nitrogen and oxygen atoms in total. The molecule has 0 saturated heterocycles. The van der Waals surface area contributed by atoms with Crippen molar-refractivity contribution in [3.05, 3.63) is 181 Å². The highest BCUT2D eigenvalue weighted by molar-refractivity contribution is 6.21. The van der Waals surface area contributed by atoms with E-state index in [0.29, 0.717) is 0 Å². The first-order chi connectivity index (χ1) is 35.3. The van der Waals surface area contributed by atoms with E-state index in [1.165, 1.54) is 0 Å². The van der Waals surface area contributed by atoms with Crippen molar-refractivity contribution in [3.8, 4) is 44.5 Å². The molecule has 0 bridgehead atoms. The smallest absolute Gasteiger partial charge is 0.0616 e. The van der Waals surface area contributed by atoms with Crippen LogP contribution in [0.25, 0.3) is 87.6 Å². The molecule has 0 aliphatic heterocycles. The Labute approximate surface area is 311 Å². The Bertz CT molecular complexity index is 3850. The van der Waals surface area contributed by atoms with Crippen LogP contribution in [0, 0.1) is 0 Å². The van der Waals surface area contributed by atoms with Crippen molar-refractivity contribution in [1.29, 1.82) is 0 Å². The maximum absolute atomic E-state index is 9.53. The van der Waals surface area contributed by atoms with Gasteiger partial charge in [-0.25, -0.2) is 0 Å². The Morgan fingerprint density at radius 3 is 0.891 bits per heavy atom. The third kappa shape index (κ3) is 4.30. The van der Waals surface area contributed by atoms with Crippen LogP contribution < -0.4 is 0 Å². The van der Waals surface area contributed by atoms with E-state index in [1.54, 1.807) is 0 Å². The second-order valence-corrected chi connectivity index (χ2v) is 9.75. The summed E-state index contributed by atoms with van der Waals surface area (Å²) in [5.74, 6) is 0. The minimum atomic E-state index is -1.13. The van der Waals surface area contributed by atoms with Gasteiger partial charge in [-0.1, -0.05) is 181 Å². The zero-order valence-electron chi connectivity index (χ0n) is 53.0. The zero-order valence-corrected chi connectivity index (χ0v) is 23.0. The van der Waals surface area contributed by atoms with Crippen LogP contribution in [0.1, 0.15) is 41.1 Å². The van der Waals surface area contributed by atoms with Gasteiger partial charge in [0, 0.05) is 0 Å². The summed E-state index contributed by atoms with van der Waals surface area (Å²) < 4.78 is 268. The highest BCUT2D eigenvalue weighted by atomic mass is 14.2. The van der Waals surface area contributed by atoms with Crippen molar-refractivity contribution < 1.29 is 41.1 Å². The van der Waals surface area contributed by atoms with Crippen LogP contribution in [-0.4, -0.2) is 0 Å². The second kappa shape index (κ2) is 10.9. The molecule has 0 saturated carbocycles. The fourth-order valence-corrected chi connectivity index (χ4v) is 5.25. The molecule has 0 radical (unpaired) electrons. The molecule has 9 rings (SSSR count). The Morgan fingerprint density at radius 1 is 0.239 bits per heavy atom. The molecular weight excluding hydrogens is 553 g/mol. The first kappa shape index (κ1) is 10.0. The van der Waals surface area contributed by atoms with Gasteiger partial charge in [-0.05, 0) is 87.6 Å². The molecular formula is C46H30. The molecule has 46 heavy (non-hydrogen) atoms. The summed E-state index contributed by atoms with van der Waals surface area (Å²) in [6.07, 6.45) is 0. The zero-order chi connectivity index (χ0) is 56.6. The summed E-state index contributed by atoms with van der Waals surface area (Å²) in [7, 11) is 0. The van der Waals surface area contributed by atoms with Crippen molar-refractivity contribution in [1.82, 2.24) is 0 Å². The van der Waals surface area contributed by atoms with Gasteiger partial charge in [-0.3, -0.25) is 0 Å². The van der Waals surface area contributed by atoms with E-state index < -0.39 is 269 Å². The van der Waals surface area contributed by atoms with Crippen LogP contribution >= 0.6 is 0 Å². The number of rotatable bonds is 4. The Morgan fingerprint density at radius 2 is 0.522 bits per heavy atom. The average Bonchev–Trinajstić information content (AvgIpc) is 3.38. The highest BCUT2D eigenvalue weighted by Crippen LogP contribution is 2.44. The molecule has 0 aliphatic carbocycles. The standard InChI is InChI=1S/C46H30/c1-3-15-37-31(11-1)13-9-21-39(37)33-23-27-35(28-24-33)45-41-17-5-7-19-43(41)46(44-20-8-6-18-42(44)45)36-29-25-34(26-30-36)40-22-10-14-32-12-2-4-16-38(32)40/h1-30H/i1D,2D,3D,4D,5D,6D,7D,8D,9D,10D,11D,12D,13D,14D,15D,16D,17D,18D,19D,20D,21D,22D,23D,24D,25D,26D,27D,28D,29D,30D. The third-order valence-electron chi connectivity index (χ3n) is 7.25. The predicted octanol–water partition coefficient (Wildman–Crippen LogP) is 13.0. The normalized spacial score (nSPS) is 20.6. The van der Waals surface area contributed by atoms with Crippen LogP contribution in [0.5, 0.6) is 0 Å². The van der Waals surface area contributed by atoms with Crippen LogP contribution in [0.3, 0.4) is 0 Å². The van der Waals surface area contributed by atoms with Crippen LogP contribution in [0.15, 0.2) is 181 Å². The lowest BCUT2D eigenvalue weighted by Crippen LogP contribution is -1.91. The van der Waals surface area contributed by atoms with Gasteiger partial charge in [0.05, 0.1) is 41.1 Å². The quantitative estimate of drug-likeness (QED) is 0.173. The summed E-state index contributed by atoms with van der Waals surface area (Å²) in [6, 6.07) is -29.4. The van der Waals surface area contributed by atoms with Gasteiger partial charge in [0.25, 0.3) is 0 Å². The predicted molar refractivity (Wildman–Crippen MR) is 198 cm³/mol. The molecule has 0 aromatic heterocycles. The molecule has 0 amide bonds. The van der Waals surface area contributed by atoms with E-state index in [-0.39, 0.29) is 0 Å². The topological polar surface area (TPSA) is 0 Å². The van der Waals surface area contributed by atoms with Gasteiger partial charge >= 0.3 is 0 Å². The third-order valence-corrected chi connectivity index (χ3v) is 7.25. The van der Waals surface area contributed by atoms with E-state index in [0.717, 1.165) is 0 Å². The van der Waals surface area contributed by atoms with Crippen molar-refractivity contribution in [3.63, 3.8) is 0 Å². The maximum atomic E-state index is 9.53. The summed E-state index contributed by atoms with van der Waals surface area (Å²) in [4.78, 5) is 0. The molecule has 0 aliphatic rings. The average molecular weight is 613 g/mol. The van der Waals surface area contributed by atoms with E-state index >= 15 is 0 Å². The van der Waals surface area contributed by atoms with E-state index in [4.69, 9.17) is 24.7 Å². The molecule has 0 heterocycles. The number of hydrogen-bond donors (Lipinski definition) is 0. The SMILES string of the molecule is [2H]c1c([2H])c(-c2c3c([2H])c([2H])c([2H])c([2H])c3c(-c3c([2H])c([2H])c(-c4c([2H])c([2H])c([2H])c5c([2H])c([2H])c([2H])c([2H])c45)c([2H])c3[2H])c3c([2H])c([2H])c([2H])c([2H])c23)c([2H])c([2H])c1-c1c([2H])c([2H])c([2H])c2c([2H])c([2H])c([2H])c([2H])c12. The summed E-state index contributed by atoms with van der Waals surface area (Å²) in [5.41, 5.74) is -6.55. The van der Waals surface area contributed by atoms with Crippen molar-refractivity contribution in [2.24, 2.45) is 0 Å². The van der Waals surface area contributed by atoms with E-state index in [2.05, 4.69) is 0 Å². The van der Waals surface area contributed by atoms with Gasteiger partial charge in [0.1, 0.15) is 0 Å². The lowest BCUT2D eigenvalue weighted by atomic mass is 9.85. The Balaban J connectivity index is 1.52. The van der Waals surface area contributed by atoms with Crippen molar-refractivity contribution >= 4 is 43.1 Å². The van der Waals surface area contributed by atoms with Crippen LogP contribution in [0.4, 0.5) is 0 Å². The molecule has 0 fully saturated rings. The number of fused-ring (bicyclic) bond motifs is 4. The molecule has 0 unspecified atom stereocenters. The first-order valence-electron chi connectivity index (χ1n) is 28.5. The maximum Gasteiger partial charge on any atom is 0.0629 e. The summed E-state index contributed by atoms with van der Waals surface area (Å²) >= 11 is 0. The molecule has 0 spiro atoms. The summed E-state index contributed by atoms with van der Waals surface area (Å²) in [5, 5.41) is -5.66. The Kier molecular flexibility index (Phi) is 2.37. The summed E-state index contributed by atoms with van der Waals surface area (Å²) in [6.45, 7) is 0. The lowest BCUT2D eigenvalue weighted by Gasteiger charge is -2.18. The first-order valence-corrected chi connectivity index (χ1v) is 13.5. The van der Waals surface area contributed by atoms with Gasteiger partial charge in [-0.2, -0.15) is 0 Å². The Hall–Kier alpha value is -5.98. The van der Waals surface area contributed by atoms with Gasteiger partial charge < -0.3 is 0 Å². The van der Waals surface area contributed by atoms with Gasteiger partial charge in [-0.15, -0.1) is 0 Å². The van der Waals surface area contributed by atoms with Gasteiger partial charge in [0.2, 0.25) is 0 Å². The van der Waals surface area contributed by atoms with Crippen molar-refractivity contribution in [2.75, 3.05) is 0 Å². The number of benzene rings is 9. The minimum absolute atomic E-state index is 0.599. The lowest BCUT2D eigenvalue weighted by molar-refractivity contribution is 1.62. The molecule has 0 heteroatoms. The molecule has 0 N–H and O–H groups in total. The van der Waals surface area contributed by atoms with E-state index in [9.17, 15) is 16.4 Å². The minimum Gasteiger partial charge on any atom is -0.0616 e. The number of hydrogen-bond acceptors (Lipinski definition) is 0. The fraction of sp³-hybridized carbons (Fsp3) is 0. The monoisotopic (exact) mass is 612 g/mol. The van der Waals surface area contributed by atoms with Crippen molar-refractivity contribution in [2.45, 2.75) is 0 Å². The largest absolute Gasteiger partial charge is 0.0629 e. The van der Waals surface area contributed by atoms with Gasteiger partial charge in [0.15, 0.2) is 0 Å². The second-order valence-electron chi connectivity index (χ2n) is 9.75. The molecule has 9 aromatic rings.